The molecule has 58 valence electrons. The van der Waals surface area contributed by atoms with Crippen LogP contribution in [0.5, 0.6) is 0 Å². The summed E-state index contributed by atoms with van der Waals surface area (Å²) in [7, 11) is 0. The normalized spacial score (nSPS) is 9.45. The smallest absolute Gasteiger partial charge is 0.283 e. The van der Waals surface area contributed by atoms with E-state index in [9.17, 15) is 4.79 Å². The van der Waals surface area contributed by atoms with Crippen LogP contribution in [0.4, 0.5) is 0 Å². The van der Waals surface area contributed by atoms with Gasteiger partial charge in [0.15, 0.2) is 6.54 Å². The van der Waals surface area contributed by atoms with Crippen molar-refractivity contribution in [3.63, 3.8) is 0 Å². The van der Waals surface area contributed by atoms with Crippen LogP contribution in [0, 0.1) is 18.3 Å². The number of nitriles is 1. The van der Waals surface area contributed by atoms with Gasteiger partial charge in [-0.25, -0.2) is 4.79 Å². The molecule has 0 aromatic carbocycles. The van der Waals surface area contributed by atoms with Crippen LogP contribution < -0.4 is 10.3 Å². The maximum Gasteiger partial charge on any atom is 0.429 e. The summed E-state index contributed by atoms with van der Waals surface area (Å²) in [6.07, 6.45) is 0.362. The highest BCUT2D eigenvalue weighted by molar-refractivity contribution is 4.76. The van der Waals surface area contributed by atoms with Crippen molar-refractivity contribution in [3.8, 4) is 6.07 Å². The average molecular weight is 154 g/mol. The van der Waals surface area contributed by atoms with Gasteiger partial charge in [0, 0.05) is 6.92 Å². The Balaban J connectivity index is 2.81. The molecule has 0 spiro atoms. The van der Waals surface area contributed by atoms with E-state index in [-0.39, 0.29) is 5.63 Å². The van der Waals surface area contributed by atoms with E-state index in [2.05, 4.69) is 9.79 Å². The van der Waals surface area contributed by atoms with E-state index in [0.29, 0.717) is 18.7 Å². The highest BCUT2D eigenvalue weighted by Gasteiger charge is 2.13. The Bertz CT molecular complexity index is 330. The van der Waals surface area contributed by atoms with Crippen molar-refractivity contribution in [1.29, 1.82) is 5.26 Å². The van der Waals surface area contributed by atoms with Crippen molar-refractivity contribution >= 4 is 0 Å². The van der Waals surface area contributed by atoms with Gasteiger partial charge in [0.1, 0.15) is 0 Å². The molecule has 0 aliphatic carbocycles. The van der Waals surface area contributed by atoms with Crippen LogP contribution in [0.25, 0.3) is 0 Å². The average Bonchev–Trinajstić information content (AvgIpc) is 2.31. The Hall–Kier alpha value is -1.57. The Morgan fingerprint density at radius 3 is 3.00 bits per heavy atom. The predicted octanol–water partition coefficient (Wildman–Crippen LogP) is -0.522. The van der Waals surface area contributed by atoms with Crippen LogP contribution >= 0.6 is 0 Å². The van der Waals surface area contributed by atoms with Crippen LogP contribution in [0.1, 0.15) is 12.1 Å². The van der Waals surface area contributed by atoms with Crippen molar-refractivity contribution in [2.24, 2.45) is 0 Å². The van der Waals surface area contributed by atoms with Gasteiger partial charge in [-0.1, -0.05) is 4.68 Å². The van der Waals surface area contributed by atoms with Gasteiger partial charge in [-0.15, -0.1) is 0 Å². The molecule has 0 unspecified atom stereocenters. The third-order valence-electron chi connectivity index (χ3n) is 1.40. The van der Waals surface area contributed by atoms with Crippen molar-refractivity contribution in [2.75, 3.05) is 0 Å². The fourth-order valence-electron chi connectivity index (χ4n) is 0.724. The predicted molar refractivity (Wildman–Crippen MR) is 34.5 cm³/mol. The number of nitrogens with one attached hydrogen (secondary N) is 1. The van der Waals surface area contributed by atoms with E-state index in [1.54, 1.807) is 6.92 Å². The molecule has 1 aromatic heterocycles. The molecule has 11 heavy (non-hydrogen) atoms. The minimum Gasteiger partial charge on any atom is -0.283 e. The third-order valence-corrected chi connectivity index (χ3v) is 1.40. The second kappa shape index (κ2) is 3.01. The van der Waals surface area contributed by atoms with E-state index in [4.69, 9.17) is 5.26 Å². The molecule has 1 rings (SSSR count). The van der Waals surface area contributed by atoms with Crippen molar-refractivity contribution < 1.29 is 9.20 Å². The zero-order valence-electron chi connectivity index (χ0n) is 6.13. The Labute approximate surface area is 62.8 Å². The number of aromatic nitrogens is 2. The summed E-state index contributed by atoms with van der Waals surface area (Å²) in [4.78, 5) is 10.7. The Morgan fingerprint density at radius 2 is 2.55 bits per heavy atom. The van der Waals surface area contributed by atoms with E-state index in [1.165, 1.54) is 4.68 Å². The lowest BCUT2D eigenvalue weighted by molar-refractivity contribution is -0.766. The first-order valence-electron chi connectivity index (χ1n) is 3.20. The quantitative estimate of drug-likeness (QED) is 0.582. The molecule has 1 heterocycles. The lowest BCUT2D eigenvalue weighted by Crippen LogP contribution is -2.39. The van der Waals surface area contributed by atoms with Gasteiger partial charge in [0.25, 0.3) is 5.69 Å². The highest BCUT2D eigenvalue weighted by atomic mass is 16.5. The molecule has 1 N–H and O–H groups in total. The number of hydrogen-bond donors (Lipinski definition) is 1. The summed E-state index contributed by atoms with van der Waals surface area (Å²) in [5, 5.41) is 10.6. The number of H-pyrrole nitrogens is 1. The van der Waals surface area contributed by atoms with Crippen molar-refractivity contribution in [2.45, 2.75) is 19.9 Å². The molecule has 0 bridgehead atoms. The standard InChI is InChI=1S/C6H7N3O2/c1-5-6(10)11-8-9(5)4-2-3-7/h2,4H2,1H3/p+1. The first-order valence-corrected chi connectivity index (χ1v) is 3.20. The van der Waals surface area contributed by atoms with E-state index >= 15 is 0 Å². The zero-order chi connectivity index (χ0) is 8.27. The molecule has 5 nitrogen and oxygen atoms in total. The maximum atomic E-state index is 10.7. The summed E-state index contributed by atoms with van der Waals surface area (Å²) in [5.41, 5.74) is 0.100. The van der Waals surface area contributed by atoms with Crippen LogP contribution in [-0.2, 0) is 6.54 Å². The minimum absolute atomic E-state index is 0.362. The minimum atomic E-state index is -0.386. The largest absolute Gasteiger partial charge is 0.429 e. The molecule has 0 aliphatic heterocycles. The number of rotatable bonds is 2. The molecule has 0 aliphatic rings. The van der Waals surface area contributed by atoms with Crippen LogP contribution in [-0.4, -0.2) is 5.27 Å². The van der Waals surface area contributed by atoms with Crippen LogP contribution in [0.2, 0.25) is 0 Å². The summed E-state index contributed by atoms with van der Waals surface area (Å²) in [6, 6.07) is 1.97. The molecule has 0 amide bonds. The van der Waals surface area contributed by atoms with E-state index in [0.717, 1.165) is 0 Å². The molecule has 1 aromatic rings. The molecule has 0 saturated heterocycles. The molecule has 0 atom stereocenters. The molecule has 5 heteroatoms. The Kier molecular flexibility index (Phi) is 2.06. The number of nitrogens with zero attached hydrogens (tertiary/aromatic N) is 2. The van der Waals surface area contributed by atoms with Crippen LogP contribution in [0.3, 0.4) is 0 Å². The van der Waals surface area contributed by atoms with E-state index in [1.807, 2.05) is 6.07 Å². The number of aromatic amines is 1. The van der Waals surface area contributed by atoms with Gasteiger partial charge < -0.3 is 0 Å². The Morgan fingerprint density at radius 1 is 1.82 bits per heavy atom. The molecule has 0 fully saturated rings. The molecular weight excluding hydrogens is 146 g/mol. The lowest BCUT2D eigenvalue weighted by Gasteiger charge is -1.82. The molecule has 0 radical (unpaired) electrons. The summed E-state index contributed by atoms with van der Waals surface area (Å²) < 4.78 is 5.97. The second-order valence-electron chi connectivity index (χ2n) is 2.13. The monoisotopic (exact) mass is 154 g/mol. The van der Waals surface area contributed by atoms with Gasteiger partial charge in [-0.05, 0) is 5.27 Å². The first kappa shape index (κ1) is 7.54. The first-order chi connectivity index (χ1) is 5.25. The van der Waals surface area contributed by atoms with Gasteiger partial charge in [0.2, 0.25) is 0 Å². The van der Waals surface area contributed by atoms with Crippen molar-refractivity contribution in [1.82, 2.24) is 5.27 Å². The topological polar surface area (TPSA) is 73.7 Å². The fourth-order valence-corrected chi connectivity index (χ4v) is 0.724. The zero-order valence-corrected chi connectivity index (χ0v) is 6.13. The van der Waals surface area contributed by atoms with Crippen molar-refractivity contribution in [3.05, 3.63) is 16.1 Å². The summed E-state index contributed by atoms with van der Waals surface area (Å²) in [6.45, 7) is 2.10. The van der Waals surface area contributed by atoms with Gasteiger partial charge >= 0.3 is 5.63 Å². The van der Waals surface area contributed by atoms with Gasteiger partial charge in [0.05, 0.1) is 12.5 Å². The fraction of sp³-hybridized carbons (Fsp3) is 0.500. The molecular formula is C6H8N3O2+. The van der Waals surface area contributed by atoms with Gasteiger partial charge in [-0.3, -0.25) is 4.52 Å². The third kappa shape index (κ3) is 1.46. The lowest BCUT2D eigenvalue weighted by atomic mass is 10.4. The van der Waals surface area contributed by atoms with Crippen LogP contribution in [0.15, 0.2) is 9.32 Å². The molecule has 0 saturated carbocycles. The number of hydrogen-bond acceptors (Lipinski definition) is 3. The van der Waals surface area contributed by atoms with Gasteiger partial charge in [-0.2, -0.15) is 5.26 Å². The summed E-state index contributed by atoms with van der Waals surface area (Å²) in [5.74, 6) is 0. The van der Waals surface area contributed by atoms with E-state index < -0.39 is 0 Å². The number of aryl methyl sites for hydroxylation is 1. The SMILES string of the molecule is Cc1c(=O)o[nH][n+]1CCC#N. The maximum absolute atomic E-state index is 10.7. The summed E-state index contributed by atoms with van der Waals surface area (Å²) >= 11 is 0. The highest BCUT2D eigenvalue weighted by Crippen LogP contribution is 1.78. The second-order valence-corrected chi connectivity index (χ2v) is 2.13.